The number of hydrogen-bond acceptors (Lipinski definition) is 5. The van der Waals surface area contributed by atoms with E-state index in [4.69, 9.17) is 0 Å². The number of rotatable bonds is 7. The first kappa shape index (κ1) is 19.5. The predicted molar refractivity (Wildman–Crippen MR) is 99.9 cm³/mol. The van der Waals surface area contributed by atoms with E-state index in [0.29, 0.717) is 24.4 Å². The molecule has 9 heteroatoms. The first-order chi connectivity index (χ1) is 12.9. The lowest BCUT2D eigenvalue weighted by Crippen LogP contribution is -2.45. The van der Waals surface area contributed by atoms with E-state index in [2.05, 4.69) is 15.4 Å². The van der Waals surface area contributed by atoms with Gasteiger partial charge in [-0.2, -0.15) is 19.8 Å². The third kappa shape index (κ3) is 4.35. The molecule has 2 aromatic heterocycles. The summed E-state index contributed by atoms with van der Waals surface area (Å²) in [6.45, 7) is 0.816. The highest BCUT2D eigenvalue weighted by Gasteiger charge is 2.43. The Hall–Kier alpha value is -2.29. The number of carbonyl (C=O) groups excluding carboxylic acids is 2. The molecule has 1 fully saturated rings. The Bertz CT molecular complexity index is 786. The van der Waals surface area contributed by atoms with E-state index in [1.807, 2.05) is 0 Å². The highest BCUT2D eigenvalue weighted by Crippen LogP contribution is 2.42. The molecule has 1 aliphatic carbocycles. The molecule has 2 aromatic rings. The van der Waals surface area contributed by atoms with Gasteiger partial charge < -0.3 is 9.80 Å². The summed E-state index contributed by atoms with van der Waals surface area (Å²) < 4.78 is 13.1. The molecular weight excluding hydrogens is 369 g/mol. The van der Waals surface area contributed by atoms with Gasteiger partial charge in [0.2, 0.25) is 5.91 Å². The van der Waals surface area contributed by atoms with E-state index in [1.54, 1.807) is 25.2 Å². The maximum atomic E-state index is 13.2. The average Bonchev–Trinajstić information content (AvgIpc) is 3.41. The minimum Gasteiger partial charge on any atom is -0.343 e. The minimum atomic E-state index is -0.439. The minimum absolute atomic E-state index is 0.0889. The van der Waals surface area contributed by atoms with Crippen molar-refractivity contribution in [1.29, 1.82) is 0 Å². The molecule has 0 atom stereocenters. The number of hydrogen-bond donors (Lipinski definition) is 1. The van der Waals surface area contributed by atoms with Crippen LogP contribution in [-0.4, -0.2) is 64.2 Å². The summed E-state index contributed by atoms with van der Waals surface area (Å²) in [7, 11) is 3.44. The van der Waals surface area contributed by atoms with Crippen LogP contribution in [0, 0.1) is 10.5 Å². The zero-order chi connectivity index (χ0) is 19.4. The smallest absolute Gasteiger partial charge is 0.263 e. The number of nitrogens with zero attached hydrogens (tertiary/aromatic N) is 4. The molecule has 1 aliphatic rings. The fraction of sp³-hybridized carbons (Fsp3) is 0.556. The normalized spacial score (nSPS) is 15.7. The summed E-state index contributed by atoms with van der Waals surface area (Å²) in [5.41, 5.74) is 0.358. The van der Waals surface area contributed by atoms with Gasteiger partial charge in [-0.15, -0.1) is 11.3 Å². The summed E-state index contributed by atoms with van der Waals surface area (Å²) in [5, 5.41) is 10.2. The van der Waals surface area contributed by atoms with E-state index >= 15 is 0 Å². The summed E-state index contributed by atoms with van der Waals surface area (Å²) in [6.07, 6.45) is 5.98. The zero-order valence-corrected chi connectivity index (χ0v) is 16.4. The Morgan fingerprint density at radius 3 is 2.52 bits per heavy atom. The molecule has 2 heterocycles. The molecule has 0 unspecified atom stereocenters. The van der Waals surface area contributed by atoms with Gasteiger partial charge in [0.05, 0.1) is 22.2 Å². The quantitative estimate of drug-likeness (QED) is 0.783. The molecule has 1 N–H and O–H groups in total. The number of likely N-dealkylation sites (N-methyl/N-ethyl adjacent to an activating group) is 2. The van der Waals surface area contributed by atoms with Crippen molar-refractivity contribution >= 4 is 23.2 Å². The first-order valence-corrected chi connectivity index (χ1v) is 9.84. The van der Waals surface area contributed by atoms with Gasteiger partial charge in [-0.25, -0.2) is 0 Å². The standard InChI is InChI=1S/C18H24FN5O2S/c1-23(16(25)14-5-6-15(19)27-14)9-10-24(2)17(26)18(7-3-4-8-18)11-13-12-20-22-21-13/h5-6,12H,3-4,7-11H2,1-2H3,(H,20,21,22). The van der Waals surface area contributed by atoms with Crippen LogP contribution in [0.15, 0.2) is 18.3 Å². The van der Waals surface area contributed by atoms with Crippen LogP contribution in [0.4, 0.5) is 4.39 Å². The number of thiophene rings is 1. The van der Waals surface area contributed by atoms with Crippen LogP contribution in [0.2, 0.25) is 0 Å². The maximum absolute atomic E-state index is 13.2. The molecule has 0 bridgehead atoms. The molecule has 7 nitrogen and oxygen atoms in total. The second kappa shape index (κ2) is 8.16. The first-order valence-electron chi connectivity index (χ1n) is 9.02. The average molecular weight is 393 g/mol. The summed E-state index contributed by atoms with van der Waals surface area (Å²) >= 11 is 0.832. The van der Waals surface area contributed by atoms with Crippen LogP contribution >= 0.6 is 11.3 Å². The van der Waals surface area contributed by atoms with Gasteiger partial charge in [0, 0.05) is 33.6 Å². The number of halogens is 1. The van der Waals surface area contributed by atoms with Crippen LogP contribution in [0.5, 0.6) is 0 Å². The number of aromatic nitrogens is 3. The molecule has 146 valence electrons. The Labute approximate surface area is 161 Å². The van der Waals surface area contributed by atoms with Gasteiger partial charge in [-0.05, 0) is 25.0 Å². The third-order valence-corrected chi connectivity index (χ3v) is 6.11. The number of aromatic amines is 1. The number of amides is 2. The van der Waals surface area contributed by atoms with Gasteiger partial charge in [0.1, 0.15) is 0 Å². The number of H-pyrrole nitrogens is 1. The van der Waals surface area contributed by atoms with Crippen LogP contribution in [-0.2, 0) is 11.2 Å². The molecule has 0 aliphatic heterocycles. The molecule has 1 saturated carbocycles. The van der Waals surface area contributed by atoms with Crippen molar-refractivity contribution in [3.63, 3.8) is 0 Å². The van der Waals surface area contributed by atoms with Crippen molar-refractivity contribution in [2.45, 2.75) is 32.1 Å². The highest BCUT2D eigenvalue weighted by atomic mass is 32.1. The zero-order valence-electron chi connectivity index (χ0n) is 15.6. The molecule has 3 rings (SSSR count). The fourth-order valence-electron chi connectivity index (χ4n) is 3.70. The van der Waals surface area contributed by atoms with Crippen LogP contribution in [0.1, 0.15) is 41.0 Å². The largest absolute Gasteiger partial charge is 0.343 e. The van der Waals surface area contributed by atoms with E-state index in [1.165, 1.54) is 17.0 Å². The third-order valence-electron chi connectivity index (χ3n) is 5.25. The second-order valence-electron chi connectivity index (χ2n) is 7.18. The van der Waals surface area contributed by atoms with Crippen molar-refractivity contribution < 1.29 is 14.0 Å². The van der Waals surface area contributed by atoms with Crippen molar-refractivity contribution in [2.75, 3.05) is 27.2 Å². The molecule has 27 heavy (non-hydrogen) atoms. The van der Waals surface area contributed by atoms with E-state index in [9.17, 15) is 14.0 Å². The fourth-order valence-corrected chi connectivity index (χ4v) is 4.43. The van der Waals surface area contributed by atoms with Crippen LogP contribution in [0.25, 0.3) is 0 Å². The Balaban J connectivity index is 1.59. The molecule has 0 saturated heterocycles. The van der Waals surface area contributed by atoms with Gasteiger partial charge >= 0.3 is 0 Å². The Kier molecular flexibility index (Phi) is 5.88. The monoisotopic (exact) mass is 393 g/mol. The van der Waals surface area contributed by atoms with E-state index < -0.39 is 5.41 Å². The molecule has 2 amide bonds. The van der Waals surface area contributed by atoms with Crippen LogP contribution < -0.4 is 0 Å². The van der Waals surface area contributed by atoms with Crippen molar-refractivity contribution in [3.05, 3.63) is 34.0 Å². The van der Waals surface area contributed by atoms with Crippen LogP contribution in [0.3, 0.4) is 0 Å². The summed E-state index contributed by atoms with van der Waals surface area (Å²) in [5.74, 6) is -0.144. The lowest BCUT2D eigenvalue weighted by atomic mass is 9.80. The van der Waals surface area contributed by atoms with Gasteiger partial charge in [0.25, 0.3) is 5.91 Å². The summed E-state index contributed by atoms with van der Waals surface area (Å²) in [6, 6.07) is 2.77. The lowest BCUT2D eigenvalue weighted by Gasteiger charge is -2.32. The number of carbonyl (C=O) groups is 2. The Morgan fingerprint density at radius 2 is 1.93 bits per heavy atom. The highest BCUT2D eigenvalue weighted by molar-refractivity contribution is 7.12. The Morgan fingerprint density at radius 1 is 1.22 bits per heavy atom. The summed E-state index contributed by atoms with van der Waals surface area (Å²) in [4.78, 5) is 29.1. The van der Waals surface area contributed by atoms with Crippen molar-refractivity contribution in [1.82, 2.24) is 25.2 Å². The molecular formula is C18H24FN5O2S. The number of nitrogens with one attached hydrogen (secondary N) is 1. The topological polar surface area (TPSA) is 82.2 Å². The molecule has 0 aromatic carbocycles. The van der Waals surface area contributed by atoms with Gasteiger partial charge in [-0.3, -0.25) is 9.59 Å². The van der Waals surface area contributed by atoms with Crippen molar-refractivity contribution in [2.24, 2.45) is 5.41 Å². The maximum Gasteiger partial charge on any atom is 0.263 e. The van der Waals surface area contributed by atoms with Gasteiger partial charge in [0.15, 0.2) is 5.13 Å². The predicted octanol–water partition coefficient (Wildman–Crippen LogP) is 2.34. The van der Waals surface area contributed by atoms with Crippen molar-refractivity contribution in [3.8, 4) is 0 Å². The molecule has 0 spiro atoms. The van der Waals surface area contributed by atoms with Gasteiger partial charge in [-0.1, -0.05) is 12.8 Å². The van der Waals surface area contributed by atoms with E-state index in [0.717, 1.165) is 42.7 Å². The van der Waals surface area contributed by atoms with E-state index in [-0.39, 0.29) is 16.9 Å². The second-order valence-corrected chi connectivity index (χ2v) is 8.22. The molecule has 0 radical (unpaired) electrons. The lowest BCUT2D eigenvalue weighted by molar-refractivity contribution is -0.140. The SMILES string of the molecule is CN(CCN(C)C(=O)C1(Cc2cn[nH]n2)CCCC1)C(=O)c1ccc(F)s1.